The van der Waals surface area contributed by atoms with Crippen LogP contribution in [0.4, 0.5) is 5.69 Å². The van der Waals surface area contributed by atoms with Crippen LogP contribution in [0, 0.1) is 16.7 Å². The lowest BCUT2D eigenvalue weighted by Gasteiger charge is -2.18. The summed E-state index contributed by atoms with van der Waals surface area (Å²) in [5.41, 5.74) is 2.81. The van der Waals surface area contributed by atoms with Gasteiger partial charge in [0, 0.05) is 51.1 Å². The molecule has 0 aliphatic heterocycles. The third-order valence-electron chi connectivity index (χ3n) is 4.14. The molecule has 2 heterocycles. The molecule has 2 N–H and O–H groups in total. The van der Waals surface area contributed by atoms with E-state index in [9.17, 15) is 10.1 Å². The lowest BCUT2D eigenvalue weighted by atomic mass is 9.95. The van der Waals surface area contributed by atoms with Gasteiger partial charge >= 0.3 is 0 Å². The number of hydrogen-bond donors (Lipinski definition) is 2. The Hall–Kier alpha value is -3.10. The highest BCUT2D eigenvalue weighted by Crippen LogP contribution is 2.30. The second-order valence-electron chi connectivity index (χ2n) is 7.23. The minimum Gasteiger partial charge on any atom is -0.361 e. The molecule has 0 aliphatic carbocycles. The fourth-order valence-electron chi connectivity index (χ4n) is 2.59. The summed E-state index contributed by atoms with van der Waals surface area (Å²) < 4.78 is 0. The first-order valence-electron chi connectivity index (χ1n) is 8.44. The molecule has 136 valence electrons. The molecule has 0 fully saturated rings. The van der Waals surface area contributed by atoms with Crippen molar-refractivity contribution < 1.29 is 4.79 Å². The lowest BCUT2D eigenvalue weighted by Crippen LogP contribution is -2.27. The maximum atomic E-state index is 12.3. The number of carbonyl (C=O) groups is 1. The summed E-state index contributed by atoms with van der Waals surface area (Å²) in [7, 11) is 0. The average Bonchev–Trinajstić information content (AvgIpc) is 3.03. The standard InChI is InChI=1S/C21H19ClN4O/c1-21(2,3)20(27)26-18-6-7-24-11-14(18)8-13(10-23)17-12-25-19-5-4-15(22)9-16(17)19/h4-9,11-12,25H,1-3H3,(H,24,26,27)/b13-8+. The molecule has 0 saturated carbocycles. The maximum absolute atomic E-state index is 12.3. The average molecular weight is 379 g/mol. The predicted octanol–water partition coefficient (Wildman–Crippen LogP) is 5.27. The normalized spacial score (nSPS) is 12.0. The summed E-state index contributed by atoms with van der Waals surface area (Å²) in [4.78, 5) is 19.6. The van der Waals surface area contributed by atoms with Gasteiger partial charge in [0.1, 0.15) is 0 Å². The fraction of sp³-hybridized carbons (Fsp3) is 0.190. The van der Waals surface area contributed by atoms with Crippen molar-refractivity contribution in [2.75, 3.05) is 5.32 Å². The van der Waals surface area contributed by atoms with Gasteiger partial charge in [0.15, 0.2) is 0 Å². The number of rotatable bonds is 3. The van der Waals surface area contributed by atoms with Crippen LogP contribution in [-0.2, 0) is 4.79 Å². The Labute approximate surface area is 162 Å². The molecule has 1 amide bonds. The monoisotopic (exact) mass is 378 g/mol. The van der Waals surface area contributed by atoms with Crippen LogP contribution >= 0.6 is 11.6 Å². The molecule has 1 aromatic carbocycles. The number of hydrogen-bond acceptors (Lipinski definition) is 3. The van der Waals surface area contributed by atoms with E-state index < -0.39 is 5.41 Å². The number of aromatic nitrogens is 2. The van der Waals surface area contributed by atoms with E-state index in [-0.39, 0.29) is 5.91 Å². The van der Waals surface area contributed by atoms with Crippen molar-refractivity contribution in [2.24, 2.45) is 5.41 Å². The maximum Gasteiger partial charge on any atom is 0.229 e. The molecule has 5 nitrogen and oxygen atoms in total. The largest absolute Gasteiger partial charge is 0.361 e. The Morgan fingerprint density at radius 3 is 2.81 bits per heavy atom. The van der Waals surface area contributed by atoms with Gasteiger partial charge in [-0.3, -0.25) is 9.78 Å². The van der Waals surface area contributed by atoms with Crippen LogP contribution in [0.15, 0.2) is 42.9 Å². The van der Waals surface area contributed by atoms with Crippen LogP contribution < -0.4 is 5.32 Å². The van der Waals surface area contributed by atoms with Crippen LogP contribution in [0.2, 0.25) is 5.02 Å². The summed E-state index contributed by atoms with van der Waals surface area (Å²) >= 11 is 6.11. The van der Waals surface area contributed by atoms with Gasteiger partial charge in [-0.2, -0.15) is 5.26 Å². The number of halogens is 1. The molecule has 3 rings (SSSR count). The van der Waals surface area contributed by atoms with Crippen molar-refractivity contribution in [1.82, 2.24) is 9.97 Å². The summed E-state index contributed by atoms with van der Waals surface area (Å²) in [6.45, 7) is 5.53. The van der Waals surface area contributed by atoms with E-state index in [1.807, 2.05) is 32.9 Å². The highest BCUT2D eigenvalue weighted by Gasteiger charge is 2.22. The zero-order valence-electron chi connectivity index (χ0n) is 15.3. The first kappa shape index (κ1) is 18.7. The Morgan fingerprint density at radius 2 is 2.11 bits per heavy atom. The van der Waals surface area contributed by atoms with Crippen molar-refractivity contribution >= 4 is 45.7 Å². The smallest absolute Gasteiger partial charge is 0.229 e. The van der Waals surface area contributed by atoms with E-state index in [0.717, 1.165) is 16.5 Å². The fourth-order valence-corrected chi connectivity index (χ4v) is 2.76. The lowest BCUT2D eigenvalue weighted by molar-refractivity contribution is -0.123. The molecular weight excluding hydrogens is 360 g/mol. The van der Waals surface area contributed by atoms with E-state index in [0.29, 0.717) is 21.8 Å². The Morgan fingerprint density at radius 1 is 1.33 bits per heavy atom. The number of benzene rings is 1. The molecule has 0 bridgehead atoms. The molecule has 27 heavy (non-hydrogen) atoms. The van der Waals surface area contributed by atoms with Crippen molar-refractivity contribution in [3.63, 3.8) is 0 Å². The third kappa shape index (κ3) is 4.02. The number of nitrogens with zero attached hydrogens (tertiary/aromatic N) is 2. The third-order valence-corrected chi connectivity index (χ3v) is 4.37. The quantitative estimate of drug-likeness (QED) is 0.609. The summed E-state index contributed by atoms with van der Waals surface area (Å²) in [6.07, 6.45) is 6.72. The van der Waals surface area contributed by atoms with Crippen molar-refractivity contribution in [2.45, 2.75) is 20.8 Å². The van der Waals surface area contributed by atoms with E-state index in [4.69, 9.17) is 11.6 Å². The van der Waals surface area contributed by atoms with Gasteiger partial charge in [0.25, 0.3) is 0 Å². The van der Waals surface area contributed by atoms with Crippen molar-refractivity contribution in [3.05, 3.63) is 59.0 Å². The van der Waals surface area contributed by atoms with E-state index in [1.165, 1.54) is 0 Å². The number of H-pyrrole nitrogens is 1. The van der Waals surface area contributed by atoms with Gasteiger partial charge in [-0.25, -0.2) is 0 Å². The zero-order valence-corrected chi connectivity index (χ0v) is 16.1. The number of nitriles is 1. The van der Waals surface area contributed by atoms with Gasteiger partial charge in [-0.1, -0.05) is 32.4 Å². The number of aromatic amines is 1. The van der Waals surface area contributed by atoms with Crippen LogP contribution in [0.1, 0.15) is 31.9 Å². The second-order valence-corrected chi connectivity index (χ2v) is 7.67. The molecule has 0 unspecified atom stereocenters. The summed E-state index contributed by atoms with van der Waals surface area (Å²) in [5, 5.41) is 14.1. The predicted molar refractivity (Wildman–Crippen MR) is 109 cm³/mol. The zero-order chi connectivity index (χ0) is 19.6. The molecule has 0 aliphatic rings. The summed E-state index contributed by atoms with van der Waals surface area (Å²) in [5.74, 6) is -0.110. The van der Waals surface area contributed by atoms with Gasteiger partial charge < -0.3 is 10.3 Å². The van der Waals surface area contributed by atoms with E-state index >= 15 is 0 Å². The molecular formula is C21H19ClN4O. The van der Waals surface area contributed by atoms with Gasteiger partial charge in [0.05, 0.1) is 17.3 Å². The molecule has 6 heteroatoms. The molecule has 0 spiro atoms. The first-order chi connectivity index (χ1) is 12.8. The summed E-state index contributed by atoms with van der Waals surface area (Å²) in [6, 6.07) is 9.43. The van der Waals surface area contributed by atoms with Crippen LogP contribution in [0.25, 0.3) is 22.6 Å². The Bertz CT molecular complexity index is 1080. The number of anilines is 1. The van der Waals surface area contributed by atoms with Gasteiger partial charge in [-0.05, 0) is 30.3 Å². The van der Waals surface area contributed by atoms with E-state index in [1.54, 1.807) is 36.8 Å². The Kier molecular flexibility index (Phi) is 5.02. The highest BCUT2D eigenvalue weighted by molar-refractivity contribution is 6.31. The molecule has 2 aromatic heterocycles. The van der Waals surface area contributed by atoms with Crippen LogP contribution in [-0.4, -0.2) is 15.9 Å². The van der Waals surface area contributed by atoms with Crippen LogP contribution in [0.3, 0.4) is 0 Å². The molecule has 0 atom stereocenters. The first-order valence-corrected chi connectivity index (χ1v) is 8.81. The Balaban J connectivity index is 2.05. The topological polar surface area (TPSA) is 81.6 Å². The number of amides is 1. The van der Waals surface area contributed by atoms with Crippen LogP contribution in [0.5, 0.6) is 0 Å². The van der Waals surface area contributed by atoms with E-state index in [2.05, 4.69) is 21.4 Å². The van der Waals surface area contributed by atoms with Gasteiger partial charge in [-0.15, -0.1) is 0 Å². The number of pyridine rings is 1. The number of allylic oxidation sites excluding steroid dienone is 1. The van der Waals surface area contributed by atoms with Crippen molar-refractivity contribution in [3.8, 4) is 6.07 Å². The highest BCUT2D eigenvalue weighted by atomic mass is 35.5. The molecule has 0 radical (unpaired) electrons. The SMILES string of the molecule is CC(C)(C)C(=O)Nc1ccncc1/C=C(\C#N)c1c[nH]c2ccc(Cl)cc12. The molecule has 3 aromatic rings. The van der Waals surface area contributed by atoms with Gasteiger partial charge in [0.2, 0.25) is 5.91 Å². The molecule has 0 saturated heterocycles. The second kappa shape index (κ2) is 7.26. The minimum atomic E-state index is -0.532. The number of fused-ring (bicyclic) bond motifs is 1. The minimum absolute atomic E-state index is 0.110. The number of nitrogens with one attached hydrogen (secondary N) is 2. The number of carbonyl (C=O) groups excluding carboxylic acids is 1. The van der Waals surface area contributed by atoms with Crippen molar-refractivity contribution in [1.29, 1.82) is 5.26 Å².